The van der Waals surface area contributed by atoms with E-state index in [1.165, 1.54) is 0 Å². The van der Waals surface area contributed by atoms with Crippen LogP contribution in [0.25, 0.3) is 0 Å². The van der Waals surface area contributed by atoms with Gasteiger partial charge in [0.2, 0.25) is 0 Å². The summed E-state index contributed by atoms with van der Waals surface area (Å²) in [6.45, 7) is 7.54. The highest BCUT2D eigenvalue weighted by Crippen LogP contribution is 2.26. The third-order valence-corrected chi connectivity index (χ3v) is 2.99. The van der Waals surface area contributed by atoms with Crippen LogP contribution in [-0.2, 0) is 4.74 Å². The minimum atomic E-state index is -0.493. The van der Waals surface area contributed by atoms with Crippen molar-refractivity contribution in [2.24, 2.45) is 0 Å². The fraction of sp³-hybridized carbons (Fsp3) is 0.615. The van der Waals surface area contributed by atoms with E-state index in [0.717, 1.165) is 24.5 Å². The monoisotopic (exact) mass is 236 g/mol. The van der Waals surface area contributed by atoms with Crippen molar-refractivity contribution in [3.05, 3.63) is 23.9 Å². The van der Waals surface area contributed by atoms with Crippen LogP contribution >= 0.6 is 0 Å². The molecule has 0 amide bonds. The molecule has 1 fully saturated rings. The second-order valence-corrected chi connectivity index (χ2v) is 4.75. The number of ether oxygens (including phenoxy) is 1. The standard InChI is InChI=1S/C13H20N2O2/c1-9-7-15(8-10(2)17-9)13-12(11(3)16)5-4-6-14-13/h4-6,9-11,16H,7-8H2,1-3H3/t9-,10+,11-/m1/s1. The van der Waals surface area contributed by atoms with E-state index in [4.69, 9.17) is 4.74 Å². The summed E-state index contributed by atoms with van der Waals surface area (Å²) >= 11 is 0. The Morgan fingerprint density at radius 1 is 1.41 bits per heavy atom. The lowest BCUT2D eigenvalue weighted by molar-refractivity contribution is -0.00563. The molecule has 3 atom stereocenters. The minimum absolute atomic E-state index is 0.197. The first kappa shape index (κ1) is 12.3. The first-order valence-electron chi connectivity index (χ1n) is 6.11. The van der Waals surface area contributed by atoms with Crippen molar-refractivity contribution in [3.8, 4) is 0 Å². The zero-order chi connectivity index (χ0) is 12.4. The van der Waals surface area contributed by atoms with Gasteiger partial charge < -0.3 is 14.7 Å². The number of aromatic nitrogens is 1. The second kappa shape index (κ2) is 5.02. The Hall–Kier alpha value is -1.13. The van der Waals surface area contributed by atoms with E-state index in [9.17, 15) is 5.11 Å². The molecule has 0 radical (unpaired) electrons. The second-order valence-electron chi connectivity index (χ2n) is 4.75. The first-order valence-corrected chi connectivity index (χ1v) is 6.11. The normalized spacial score (nSPS) is 26.9. The molecule has 1 saturated heterocycles. The quantitative estimate of drug-likeness (QED) is 0.849. The lowest BCUT2D eigenvalue weighted by atomic mass is 10.1. The zero-order valence-electron chi connectivity index (χ0n) is 10.6. The van der Waals surface area contributed by atoms with Crippen molar-refractivity contribution in [2.75, 3.05) is 18.0 Å². The van der Waals surface area contributed by atoms with Crippen LogP contribution in [0.2, 0.25) is 0 Å². The number of anilines is 1. The van der Waals surface area contributed by atoms with Gasteiger partial charge in [-0.05, 0) is 26.8 Å². The maximum absolute atomic E-state index is 9.77. The van der Waals surface area contributed by atoms with Crippen LogP contribution in [-0.4, -0.2) is 35.4 Å². The Balaban J connectivity index is 2.27. The van der Waals surface area contributed by atoms with Crippen LogP contribution in [0.4, 0.5) is 5.82 Å². The van der Waals surface area contributed by atoms with Gasteiger partial charge in [0.15, 0.2) is 0 Å². The number of nitrogens with zero attached hydrogens (tertiary/aromatic N) is 2. The van der Waals surface area contributed by atoms with Crippen LogP contribution < -0.4 is 4.90 Å². The number of morpholine rings is 1. The van der Waals surface area contributed by atoms with Gasteiger partial charge >= 0.3 is 0 Å². The van der Waals surface area contributed by atoms with Crippen molar-refractivity contribution in [2.45, 2.75) is 39.1 Å². The van der Waals surface area contributed by atoms with Crippen molar-refractivity contribution < 1.29 is 9.84 Å². The summed E-state index contributed by atoms with van der Waals surface area (Å²) in [6, 6.07) is 3.79. The number of hydrogen-bond donors (Lipinski definition) is 1. The van der Waals surface area contributed by atoms with Crippen LogP contribution in [0.3, 0.4) is 0 Å². The molecule has 94 valence electrons. The van der Waals surface area contributed by atoms with Crippen molar-refractivity contribution in [1.82, 2.24) is 4.98 Å². The van der Waals surface area contributed by atoms with Gasteiger partial charge in [0.05, 0.1) is 18.3 Å². The Morgan fingerprint density at radius 3 is 2.65 bits per heavy atom. The average molecular weight is 236 g/mol. The van der Waals surface area contributed by atoms with Crippen molar-refractivity contribution in [3.63, 3.8) is 0 Å². The summed E-state index contributed by atoms with van der Waals surface area (Å²) in [4.78, 5) is 6.60. The Labute approximate surface area is 102 Å². The van der Waals surface area contributed by atoms with E-state index in [1.807, 2.05) is 12.1 Å². The lowest BCUT2D eigenvalue weighted by Crippen LogP contribution is -2.46. The number of hydrogen-bond acceptors (Lipinski definition) is 4. The zero-order valence-corrected chi connectivity index (χ0v) is 10.6. The smallest absolute Gasteiger partial charge is 0.134 e. The van der Waals surface area contributed by atoms with Crippen LogP contribution in [0.15, 0.2) is 18.3 Å². The fourth-order valence-corrected chi connectivity index (χ4v) is 2.35. The largest absolute Gasteiger partial charge is 0.389 e. The summed E-state index contributed by atoms with van der Waals surface area (Å²) in [5.74, 6) is 0.879. The fourth-order valence-electron chi connectivity index (χ4n) is 2.35. The van der Waals surface area contributed by atoms with Gasteiger partial charge in [0, 0.05) is 24.8 Å². The summed E-state index contributed by atoms with van der Waals surface area (Å²) < 4.78 is 5.71. The molecule has 2 heterocycles. The maximum Gasteiger partial charge on any atom is 0.134 e. The number of rotatable bonds is 2. The van der Waals surface area contributed by atoms with Gasteiger partial charge in [0.25, 0.3) is 0 Å². The molecule has 2 rings (SSSR count). The molecule has 0 unspecified atom stereocenters. The number of aliphatic hydroxyl groups excluding tert-OH is 1. The van der Waals surface area contributed by atoms with Gasteiger partial charge in [-0.25, -0.2) is 4.98 Å². The van der Waals surface area contributed by atoms with Crippen molar-refractivity contribution in [1.29, 1.82) is 0 Å². The molecule has 17 heavy (non-hydrogen) atoms. The Morgan fingerprint density at radius 2 is 2.06 bits per heavy atom. The Bertz CT molecular complexity index is 371. The third kappa shape index (κ3) is 2.76. The van der Waals surface area contributed by atoms with Gasteiger partial charge in [-0.2, -0.15) is 0 Å². The van der Waals surface area contributed by atoms with Crippen LogP contribution in [0.5, 0.6) is 0 Å². The molecule has 0 bridgehead atoms. The molecule has 0 saturated carbocycles. The molecule has 4 nitrogen and oxygen atoms in total. The number of pyridine rings is 1. The molecule has 0 aromatic carbocycles. The highest BCUT2D eigenvalue weighted by molar-refractivity contribution is 5.48. The lowest BCUT2D eigenvalue weighted by Gasteiger charge is -2.37. The topological polar surface area (TPSA) is 45.6 Å². The van der Waals surface area contributed by atoms with E-state index in [-0.39, 0.29) is 12.2 Å². The highest BCUT2D eigenvalue weighted by Gasteiger charge is 2.25. The van der Waals surface area contributed by atoms with E-state index >= 15 is 0 Å². The van der Waals surface area contributed by atoms with Gasteiger partial charge in [-0.1, -0.05) is 6.07 Å². The molecule has 1 aromatic heterocycles. The predicted molar refractivity (Wildman–Crippen MR) is 67.1 cm³/mol. The third-order valence-electron chi connectivity index (χ3n) is 2.99. The Kier molecular flexibility index (Phi) is 3.64. The van der Waals surface area contributed by atoms with Crippen molar-refractivity contribution >= 4 is 5.82 Å². The molecule has 0 aliphatic carbocycles. The summed E-state index contributed by atoms with van der Waals surface area (Å²) in [6.07, 6.45) is 1.67. The molecular formula is C13H20N2O2. The van der Waals surface area contributed by atoms with E-state index in [0.29, 0.717) is 0 Å². The summed E-state index contributed by atoms with van der Waals surface area (Å²) in [5.41, 5.74) is 0.883. The number of aliphatic hydroxyl groups is 1. The molecule has 4 heteroatoms. The van der Waals surface area contributed by atoms with Crippen LogP contribution in [0.1, 0.15) is 32.4 Å². The van der Waals surface area contributed by atoms with Crippen LogP contribution in [0, 0.1) is 0 Å². The van der Waals surface area contributed by atoms with Gasteiger partial charge in [-0.3, -0.25) is 0 Å². The summed E-state index contributed by atoms with van der Waals surface area (Å²) in [7, 11) is 0. The van der Waals surface area contributed by atoms with E-state index < -0.39 is 6.10 Å². The van der Waals surface area contributed by atoms with Gasteiger partial charge in [0.1, 0.15) is 5.82 Å². The molecule has 1 aliphatic heterocycles. The molecule has 1 N–H and O–H groups in total. The summed E-state index contributed by atoms with van der Waals surface area (Å²) in [5, 5.41) is 9.77. The average Bonchev–Trinajstić information content (AvgIpc) is 2.27. The maximum atomic E-state index is 9.77. The predicted octanol–water partition coefficient (Wildman–Crippen LogP) is 1.75. The highest BCUT2D eigenvalue weighted by atomic mass is 16.5. The van der Waals surface area contributed by atoms with E-state index in [2.05, 4.69) is 23.7 Å². The SMILES string of the molecule is C[C@@H]1CN(c2ncccc2[C@@H](C)O)C[C@H](C)O1. The minimum Gasteiger partial charge on any atom is -0.389 e. The molecular weight excluding hydrogens is 216 g/mol. The molecule has 1 aromatic rings. The first-order chi connectivity index (χ1) is 8.08. The van der Waals surface area contributed by atoms with E-state index in [1.54, 1.807) is 13.1 Å². The molecule has 0 spiro atoms. The van der Waals surface area contributed by atoms with Gasteiger partial charge in [-0.15, -0.1) is 0 Å². The molecule has 1 aliphatic rings.